The molecule has 0 N–H and O–H groups in total. The Morgan fingerprint density at radius 1 is 1.19 bits per heavy atom. The molecule has 1 aromatic carbocycles. The third kappa shape index (κ3) is 3.02. The Morgan fingerprint density at radius 3 is 2.41 bits per heavy atom. The van der Waals surface area contributed by atoms with E-state index < -0.39 is 58.5 Å². The van der Waals surface area contributed by atoms with Crippen LogP contribution in [0.4, 0.5) is 11.4 Å². The SMILES string of the molecule is COc1ccc([N+](=O)[O-])cc1N1C(=O)[C@@H]2[C@H]3C=C[C@@](C(OC(C)=O)OC(C)=O)(O3)[C@H]2C1=O. The van der Waals surface area contributed by atoms with Crippen LogP contribution in [0.3, 0.4) is 0 Å². The summed E-state index contributed by atoms with van der Waals surface area (Å²) in [5, 5.41) is 11.2. The minimum atomic E-state index is -1.72. The summed E-state index contributed by atoms with van der Waals surface area (Å²) in [6.45, 7) is 2.19. The van der Waals surface area contributed by atoms with Gasteiger partial charge in [-0.15, -0.1) is 0 Å². The Kier molecular flexibility index (Phi) is 4.96. The summed E-state index contributed by atoms with van der Waals surface area (Å²) in [6.07, 6.45) is 0.507. The average Bonchev–Trinajstić information content (AvgIpc) is 3.37. The zero-order valence-corrected chi connectivity index (χ0v) is 17.2. The lowest BCUT2D eigenvalue weighted by atomic mass is 9.76. The largest absolute Gasteiger partial charge is 0.495 e. The van der Waals surface area contributed by atoms with Gasteiger partial charge in [-0.3, -0.25) is 29.3 Å². The van der Waals surface area contributed by atoms with Crippen molar-refractivity contribution in [3.63, 3.8) is 0 Å². The highest BCUT2D eigenvalue weighted by Crippen LogP contribution is 2.55. The summed E-state index contributed by atoms with van der Waals surface area (Å²) < 4.78 is 21.3. The van der Waals surface area contributed by atoms with Crippen LogP contribution in [0.2, 0.25) is 0 Å². The highest BCUT2D eigenvalue weighted by molar-refractivity contribution is 6.24. The van der Waals surface area contributed by atoms with Crippen LogP contribution in [-0.2, 0) is 33.4 Å². The van der Waals surface area contributed by atoms with Gasteiger partial charge in [0.1, 0.15) is 11.4 Å². The summed E-state index contributed by atoms with van der Waals surface area (Å²) >= 11 is 0. The van der Waals surface area contributed by atoms with Crippen molar-refractivity contribution in [1.82, 2.24) is 0 Å². The van der Waals surface area contributed by atoms with Gasteiger partial charge in [-0.25, -0.2) is 4.90 Å². The van der Waals surface area contributed by atoms with Crippen LogP contribution in [-0.4, -0.2) is 53.8 Å². The summed E-state index contributed by atoms with van der Waals surface area (Å²) in [7, 11) is 1.30. The average molecular weight is 446 g/mol. The molecular weight excluding hydrogens is 428 g/mol. The molecule has 32 heavy (non-hydrogen) atoms. The molecule has 0 saturated carbocycles. The number of esters is 2. The predicted octanol–water partition coefficient (Wildman–Crippen LogP) is 0.869. The molecule has 168 valence electrons. The van der Waals surface area contributed by atoms with Crippen molar-refractivity contribution < 1.29 is 43.0 Å². The number of ether oxygens (including phenoxy) is 4. The number of anilines is 1. The molecule has 0 aromatic heterocycles. The third-order valence-corrected chi connectivity index (χ3v) is 5.61. The first kappa shape index (κ1) is 21.4. The number of carbonyl (C=O) groups excluding carboxylic acids is 4. The maximum Gasteiger partial charge on any atom is 0.305 e. The van der Waals surface area contributed by atoms with E-state index in [1.807, 2.05) is 0 Å². The van der Waals surface area contributed by atoms with Gasteiger partial charge in [0.2, 0.25) is 11.8 Å². The first-order valence-corrected chi connectivity index (χ1v) is 9.52. The molecule has 3 aliphatic heterocycles. The van der Waals surface area contributed by atoms with E-state index in [4.69, 9.17) is 18.9 Å². The van der Waals surface area contributed by atoms with E-state index in [1.54, 1.807) is 0 Å². The number of hydrogen-bond acceptors (Lipinski definition) is 10. The second-order valence-electron chi connectivity index (χ2n) is 7.47. The number of nitro benzene ring substituents is 1. The molecule has 4 rings (SSSR count). The van der Waals surface area contributed by atoms with E-state index in [0.717, 1.165) is 24.8 Å². The van der Waals surface area contributed by atoms with Crippen LogP contribution in [0.25, 0.3) is 0 Å². The number of nitrogens with zero attached hydrogens (tertiary/aromatic N) is 2. The van der Waals surface area contributed by atoms with Crippen LogP contribution >= 0.6 is 0 Å². The molecular formula is C20H18N2O10. The molecule has 4 atom stereocenters. The lowest BCUT2D eigenvalue weighted by molar-refractivity contribution is -0.384. The lowest BCUT2D eigenvalue weighted by Crippen LogP contribution is -2.52. The Bertz CT molecular complexity index is 1070. The fourth-order valence-corrected chi connectivity index (χ4v) is 4.42. The fraction of sp³-hybridized carbons (Fsp3) is 0.400. The van der Waals surface area contributed by atoms with Crippen LogP contribution in [0.1, 0.15) is 13.8 Å². The molecule has 12 nitrogen and oxygen atoms in total. The predicted molar refractivity (Wildman–Crippen MR) is 103 cm³/mol. The van der Waals surface area contributed by atoms with Crippen molar-refractivity contribution in [2.45, 2.75) is 31.8 Å². The van der Waals surface area contributed by atoms with Gasteiger partial charge in [-0.1, -0.05) is 6.08 Å². The van der Waals surface area contributed by atoms with Gasteiger partial charge < -0.3 is 18.9 Å². The first-order chi connectivity index (χ1) is 15.1. The Hall–Kier alpha value is -3.80. The minimum absolute atomic E-state index is 0.0732. The van der Waals surface area contributed by atoms with Gasteiger partial charge in [0.25, 0.3) is 12.0 Å². The van der Waals surface area contributed by atoms with Gasteiger partial charge in [0.05, 0.1) is 30.0 Å². The van der Waals surface area contributed by atoms with Gasteiger partial charge in [-0.05, 0) is 12.1 Å². The smallest absolute Gasteiger partial charge is 0.305 e. The normalized spacial score (nSPS) is 27.6. The number of carbonyl (C=O) groups is 4. The van der Waals surface area contributed by atoms with Gasteiger partial charge >= 0.3 is 11.9 Å². The summed E-state index contributed by atoms with van der Waals surface area (Å²) in [6, 6.07) is 3.53. The topological polar surface area (TPSA) is 152 Å². The number of fused-ring (bicyclic) bond motifs is 5. The fourth-order valence-electron chi connectivity index (χ4n) is 4.42. The van der Waals surface area contributed by atoms with Gasteiger partial charge in [0.15, 0.2) is 5.60 Å². The van der Waals surface area contributed by atoms with E-state index in [9.17, 15) is 29.3 Å². The lowest BCUT2D eigenvalue weighted by Gasteiger charge is -2.34. The first-order valence-electron chi connectivity index (χ1n) is 9.52. The zero-order valence-electron chi connectivity index (χ0n) is 17.2. The standard InChI is InChI=1S/C20H18N2O10/c1-9(23)30-19(31-10(2)24)20-7-6-14(32-20)15-16(20)18(26)21(17(15)25)12-8-11(22(27)28)4-5-13(12)29-3/h4-8,14-16,19H,1-3H3/t14-,15-,16-,20-/m1/s1. The van der Waals surface area contributed by atoms with Crippen molar-refractivity contribution in [3.05, 3.63) is 40.5 Å². The van der Waals surface area contributed by atoms with E-state index in [0.29, 0.717) is 0 Å². The number of nitro groups is 1. The second-order valence-corrected chi connectivity index (χ2v) is 7.47. The van der Waals surface area contributed by atoms with Gasteiger partial charge in [-0.2, -0.15) is 0 Å². The number of imide groups is 1. The molecule has 3 aliphatic rings. The molecule has 0 spiro atoms. The van der Waals surface area contributed by atoms with Gasteiger partial charge in [0, 0.05) is 26.0 Å². The van der Waals surface area contributed by atoms with Crippen molar-refractivity contribution in [1.29, 1.82) is 0 Å². The quantitative estimate of drug-likeness (QED) is 0.154. The monoisotopic (exact) mass is 446 g/mol. The number of methoxy groups -OCH3 is 1. The van der Waals surface area contributed by atoms with Crippen LogP contribution in [0.15, 0.2) is 30.4 Å². The molecule has 2 saturated heterocycles. The number of hydrogen-bond donors (Lipinski definition) is 0. The molecule has 2 fully saturated rings. The van der Waals surface area contributed by atoms with Crippen LogP contribution in [0, 0.1) is 22.0 Å². The second kappa shape index (κ2) is 7.41. The van der Waals surface area contributed by atoms with Crippen molar-refractivity contribution in [2.24, 2.45) is 11.8 Å². The van der Waals surface area contributed by atoms with Crippen LogP contribution < -0.4 is 9.64 Å². The Morgan fingerprint density at radius 2 is 1.84 bits per heavy atom. The van der Waals surface area contributed by atoms with Crippen molar-refractivity contribution >= 4 is 35.1 Å². The number of amides is 2. The molecule has 2 amide bonds. The van der Waals surface area contributed by atoms with E-state index >= 15 is 0 Å². The molecule has 2 bridgehead atoms. The number of benzene rings is 1. The van der Waals surface area contributed by atoms with Crippen LogP contribution in [0.5, 0.6) is 5.75 Å². The number of non-ortho nitro benzene ring substituents is 1. The molecule has 0 unspecified atom stereocenters. The van der Waals surface area contributed by atoms with Crippen molar-refractivity contribution in [3.8, 4) is 5.75 Å². The number of rotatable bonds is 6. The summed E-state index contributed by atoms with van der Waals surface area (Å²) in [4.78, 5) is 61.4. The zero-order chi connectivity index (χ0) is 23.4. The molecule has 12 heteroatoms. The molecule has 3 heterocycles. The van der Waals surface area contributed by atoms with E-state index in [-0.39, 0.29) is 17.1 Å². The minimum Gasteiger partial charge on any atom is -0.495 e. The Labute approximate surface area is 180 Å². The molecule has 1 aromatic rings. The molecule has 0 aliphatic carbocycles. The third-order valence-electron chi connectivity index (χ3n) is 5.61. The summed E-state index contributed by atoms with van der Waals surface area (Å²) in [5.74, 6) is -5.13. The summed E-state index contributed by atoms with van der Waals surface area (Å²) in [5.41, 5.74) is -2.16. The molecule has 0 radical (unpaired) electrons. The maximum absolute atomic E-state index is 13.5. The Balaban J connectivity index is 1.79. The highest BCUT2D eigenvalue weighted by Gasteiger charge is 2.72. The highest BCUT2D eigenvalue weighted by atomic mass is 16.7. The van der Waals surface area contributed by atoms with Crippen molar-refractivity contribution in [2.75, 3.05) is 12.0 Å². The maximum atomic E-state index is 13.5. The van der Waals surface area contributed by atoms with E-state index in [2.05, 4.69) is 0 Å². The van der Waals surface area contributed by atoms with E-state index in [1.165, 1.54) is 31.4 Å².